The fourth-order valence-electron chi connectivity index (χ4n) is 3.73. The Balaban J connectivity index is 1.88. The van der Waals surface area contributed by atoms with Gasteiger partial charge in [0.05, 0.1) is 4.90 Å². The van der Waals surface area contributed by atoms with Crippen molar-refractivity contribution in [1.29, 1.82) is 0 Å². The van der Waals surface area contributed by atoms with E-state index in [9.17, 15) is 13.2 Å². The van der Waals surface area contributed by atoms with Crippen molar-refractivity contribution in [3.05, 3.63) is 29.8 Å². The number of carbonyl (C=O) groups excluding carboxylic acids is 1. The molecule has 1 saturated heterocycles. The van der Waals surface area contributed by atoms with Crippen LogP contribution >= 0.6 is 0 Å². The van der Waals surface area contributed by atoms with Gasteiger partial charge in [0.1, 0.15) is 5.78 Å². The first kappa shape index (κ1) is 15.7. The van der Waals surface area contributed by atoms with Crippen molar-refractivity contribution in [1.82, 2.24) is 4.31 Å². The lowest BCUT2D eigenvalue weighted by Crippen LogP contribution is -2.43. The van der Waals surface area contributed by atoms with Crippen molar-refractivity contribution in [2.75, 3.05) is 6.54 Å². The van der Waals surface area contributed by atoms with Gasteiger partial charge >= 0.3 is 0 Å². The van der Waals surface area contributed by atoms with Crippen LogP contribution in [0.25, 0.3) is 0 Å². The number of sulfonamides is 1. The van der Waals surface area contributed by atoms with Crippen LogP contribution in [0, 0.1) is 12.8 Å². The molecule has 0 aromatic heterocycles. The van der Waals surface area contributed by atoms with Gasteiger partial charge in [-0.05, 0) is 44.7 Å². The van der Waals surface area contributed by atoms with Gasteiger partial charge in [0, 0.05) is 24.9 Å². The largest absolute Gasteiger partial charge is 0.299 e. The normalized spacial score (nSPS) is 27.2. The van der Waals surface area contributed by atoms with Gasteiger partial charge in [-0.15, -0.1) is 0 Å². The minimum absolute atomic E-state index is 0.100. The summed E-state index contributed by atoms with van der Waals surface area (Å²) in [5.41, 5.74) is 1.04. The average Bonchev–Trinajstić information content (AvgIpc) is 2.98. The summed E-state index contributed by atoms with van der Waals surface area (Å²) in [5.74, 6) is 0.152. The third kappa shape index (κ3) is 2.84. The Labute approximate surface area is 132 Å². The first-order valence-corrected chi connectivity index (χ1v) is 9.55. The molecule has 1 aliphatic heterocycles. The van der Waals surface area contributed by atoms with Crippen molar-refractivity contribution in [2.45, 2.75) is 56.4 Å². The van der Waals surface area contributed by atoms with Gasteiger partial charge in [-0.3, -0.25) is 4.79 Å². The fraction of sp³-hybridized carbons (Fsp3) is 0.588. The van der Waals surface area contributed by atoms with E-state index in [0.717, 1.165) is 37.7 Å². The highest BCUT2D eigenvalue weighted by molar-refractivity contribution is 7.89. The number of carbonyl (C=O) groups is 1. The molecule has 1 aromatic carbocycles. The molecule has 1 saturated carbocycles. The highest BCUT2D eigenvalue weighted by atomic mass is 32.2. The zero-order valence-corrected chi connectivity index (χ0v) is 13.8. The molecule has 2 unspecified atom stereocenters. The van der Waals surface area contributed by atoms with Crippen molar-refractivity contribution < 1.29 is 13.2 Å². The Hall–Kier alpha value is -1.20. The zero-order chi connectivity index (χ0) is 15.7. The molecule has 0 N–H and O–H groups in total. The van der Waals surface area contributed by atoms with Crippen LogP contribution in [0.5, 0.6) is 0 Å². The predicted molar refractivity (Wildman–Crippen MR) is 85.1 cm³/mol. The lowest BCUT2D eigenvalue weighted by Gasteiger charge is -2.32. The number of ketones is 1. The highest BCUT2D eigenvalue weighted by Gasteiger charge is 2.42. The van der Waals surface area contributed by atoms with Crippen LogP contribution in [0.15, 0.2) is 29.2 Å². The fourth-order valence-corrected chi connectivity index (χ4v) is 5.46. The predicted octanol–water partition coefficient (Wildman–Crippen LogP) is 2.91. The molecule has 1 aliphatic carbocycles. The molecule has 2 fully saturated rings. The molecule has 5 heteroatoms. The minimum Gasteiger partial charge on any atom is -0.299 e. The molecule has 120 valence electrons. The summed E-state index contributed by atoms with van der Waals surface area (Å²) in [7, 11) is -3.50. The van der Waals surface area contributed by atoms with E-state index in [1.807, 2.05) is 19.1 Å². The first-order valence-electron chi connectivity index (χ1n) is 8.11. The quantitative estimate of drug-likeness (QED) is 0.860. The number of hydrogen-bond donors (Lipinski definition) is 0. The number of benzene rings is 1. The topological polar surface area (TPSA) is 54.5 Å². The third-order valence-corrected chi connectivity index (χ3v) is 6.88. The van der Waals surface area contributed by atoms with Gasteiger partial charge in [0.2, 0.25) is 10.0 Å². The number of aryl methyl sites for hydroxylation is 1. The molecule has 4 nitrogen and oxygen atoms in total. The highest BCUT2D eigenvalue weighted by Crippen LogP contribution is 2.35. The van der Waals surface area contributed by atoms with E-state index in [4.69, 9.17) is 0 Å². The van der Waals surface area contributed by atoms with Crippen molar-refractivity contribution in [3.63, 3.8) is 0 Å². The lowest BCUT2D eigenvalue weighted by molar-refractivity contribution is -0.126. The maximum Gasteiger partial charge on any atom is 0.243 e. The summed E-state index contributed by atoms with van der Waals surface area (Å²) in [4.78, 5) is 12.6. The third-order valence-electron chi connectivity index (χ3n) is 4.94. The SMILES string of the molecule is Cc1ccc(S(=O)(=O)N2CCCC2C2CCCCC2=O)cc1. The molecule has 2 aliphatic rings. The molecule has 0 bridgehead atoms. The molecule has 0 spiro atoms. The number of nitrogens with zero attached hydrogens (tertiary/aromatic N) is 1. The van der Waals surface area contributed by atoms with Crippen LogP contribution in [0.3, 0.4) is 0 Å². The Morgan fingerprint density at radius 2 is 1.77 bits per heavy atom. The Morgan fingerprint density at radius 1 is 1.05 bits per heavy atom. The van der Waals surface area contributed by atoms with Gasteiger partial charge in [-0.1, -0.05) is 24.1 Å². The van der Waals surface area contributed by atoms with Crippen molar-refractivity contribution in [3.8, 4) is 0 Å². The van der Waals surface area contributed by atoms with E-state index in [2.05, 4.69) is 0 Å². The standard InChI is InChI=1S/C17H23NO3S/c1-13-8-10-14(11-9-13)22(20,21)18-12-4-6-16(18)15-5-2-3-7-17(15)19/h8-11,15-16H,2-7,12H2,1H3. The molecule has 2 atom stereocenters. The van der Waals surface area contributed by atoms with Crippen molar-refractivity contribution >= 4 is 15.8 Å². The average molecular weight is 321 g/mol. The monoisotopic (exact) mass is 321 g/mol. The molecule has 1 heterocycles. The van der Waals surface area contributed by atoms with E-state index in [1.165, 1.54) is 0 Å². The van der Waals surface area contributed by atoms with Gasteiger partial charge in [-0.2, -0.15) is 4.31 Å². The zero-order valence-electron chi connectivity index (χ0n) is 13.0. The maximum absolute atomic E-state index is 12.9. The summed E-state index contributed by atoms with van der Waals surface area (Å²) in [6, 6.07) is 6.85. The van der Waals surface area contributed by atoms with E-state index in [-0.39, 0.29) is 17.7 Å². The second-order valence-corrected chi connectivity index (χ2v) is 8.35. The van der Waals surface area contributed by atoms with E-state index >= 15 is 0 Å². The van der Waals surface area contributed by atoms with Crippen LogP contribution in [0.4, 0.5) is 0 Å². The Morgan fingerprint density at radius 3 is 2.45 bits per heavy atom. The van der Waals surface area contributed by atoms with E-state index in [0.29, 0.717) is 17.9 Å². The molecule has 1 aromatic rings. The molecule has 0 radical (unpaired) electrons. The maximum atomic E-state index is 12.9. The lowest BCUT2D eigenvalue weighted by atomic mass is 9.82. The molecule has 22 heavy (non-hydrogen) atoms. The van der Waals surface area contributed by atoms with Crippen LogP contribution in [0.2, 0.25) is 0 Å². The molecule has 3 rings (SSSR count). The Bertz CT molecular complexity index is 651. The summed E-state index contributed by atoms with van der Waals surface area (Å²) in [6.45, 7) is 2.47. The smallest absolute Gasteiger partial charge is 0.243 e. The number of rotatable bonds is 3. The van der Waals surface area contributed by atoms with Crippen LogP contribution in [-0.4, -0.2) is 31.1 Å². The van der Waals surface area contributed by atoms with Gasteiger partial charge in [0.25, 0.3) is 0 Å². The van der Waals surface area contributed by atoms with Gasteiger partial charge in [-0.25, -0.2) is 8.42 Å². The Kier molecular flexibility index (Phi) is 4.37. The second kappa shape index (κ2) is 6.13. The summed E-state index contributed by atoms with van der Waals surface area (Å²) >= 11 is 0. The number of Topliss-reactive ketones (excluding diaryl/α,β-unsaturated/α-hetero) is 1. The van der Waals surface area contributed by atoms with Crippen LogP contribution in [-0.2, 0) is 14.8 Å². The van der Waals surface area contributed by atoms with Gasteiger partial charge < -0.3 is 0 Å². The second-order valence-electron chi connectivity index (χ2n) is 6.46. The van der Waals surface area contributed by atoms with E-state index in [1.54, 1.807) is 16.4 Å². The molecular formula is C17H23NO3S. The molecule has 0 amide bonds. The first-order chi connectivity index (χ1) is 10.5. The van der Waals surface area contributed by atoms with Crippen LogP contribution in [0.1, 0.15) is 44.1 Å². The van der Waals surface area contributed by atoms with Gasteiger partial charge in [0.15, 0.2) is 0 Å². The molecular weight excluding hydrogens is 298 g/mol. The summed E-state index contributed by atoms with van der Waals surface area (Å²) < 4.78 is 27.4. The van der Waals surface area contributed by atoms with Crippen LogP contribution < -0.4 is 0 Å². The van der Waals surface area contributed by atoms with Crippen molar-refractivity contribution in [2.24, 2.45) is 5.92 Å². The van der Waals surface area contributed by atoms with E-state index < -0.39 is 10.0 Å². The number of hydrogen-bond acceptors (Lipinski definition) is 3. The minimum atomic E-state index is -3.50. The summed E-state index contributed by atoms with van der Waals surface area (Å²) in [5, 5.41) is 0. The summed E-state index contributed by atoms with van der Waals surface area (Å²) in [6.07, 6.45) is 5.09.